The molecule has 2 aromatic rings. The zero-order valence-corrected chi connectivity index (χ0v) is 14.2. The van der Waals surface area contributed by atoms with E-state index < -0.39 is 34.0 Å². The van der Waals surface area contributed by atoms with Crippen LogP contribution in [-0.4, -0.2) is 22.2 Å². The Balaban J connectivity index is 2.16. The van der Waals surface area contributed by atoms with Crippen LogP contribution in [0.4, 0.5) is 18.9 Å². The molecule has 0 saturated carbocycles. The first-order chi connectivity index (χ1) is 12.1. The van der Waals surface area contributed by atoms with Crippen molar-refractivity contribution in [2.24, 2.45) is 5.10 Å². The summed E-state index contributed by atoms with van der Waals surface area (Å²) >= 11 is 2.94. The summed E-state index contributed by atoms with van der Waals surface area (Å²) in [5.74, 6) is -1.46. The van der Waals surface area contributed by atoms with E-state index in [1.165, 1.54) is 12.1 Å². The number of carbonyl (C=O) groups is 1. The van der Waals surface area contributed by atoms with Gasteiger partial charge in [-0.25, -0.2) is 5.43 Å². The summed E-state index contributed by atoms with van der Waals surface area (Å²) in [6, 6.07) is 6.09. The van der Waals surface area contributed by atoms with Crippen LogP contribution >= 0.6 is 15.9 Å². The van der Waals surface area contributed by atoms with E-state index in [1.54, 1.807) is 0 Å². The predicted octanol–water partition coefficient (Wildman–Crippen LogP) is 3.85. The third-order valence-electron chi connectivity index (χ3n) is 3.09. The molecule has 0 aliphatic rings. The van der Waals surface area contributed by atoms with E-state index in [0.717, 1.165) is 24.4 Å². The molecule has 0 heterocycles. The molecule has 26 heavy (non-hydrogen) atoms. The van der Waals surface area contributed by atoms with E-state index in [2.05, 4.69) is 21.0 Å². The smallest absolute Gasteiger partial charge is 0.416 e. The summed E-state index contributed by atoms with van der Waals surface area (Å²) in [6.07, 6.45) is -3.54. The van der Waals surface area contributed by atoms with Gasteiger partial charge in [-0.05, 0) is 40.2 Å². The molecule has 2 N–H and O–H groups in total. The summed E-state index contributed by atoms with van der Waals surface area (Å²) in [6.45, 7) is 0. The lowest BCUT2D eigenvalue weighted by Crippen LogP contribution is -2.18. The molecule has 0 unspecified atom stereocenters. The van der Waals surface area contributed by atoms with Crippen molar-refractivity contribution in [1.29, 1.82) is 0 Å². The zero-order chi connectivity index (χ0) is 19.5. The quantitative estimate of drug-likeness (QED) is 0.435. The molecule has 0 aliphatic heterocycles. The van der Waals surface area contributed by atoms with Crippen molar-refractivity contribution < 1.29 is 28.0 Å². The highest BCUT2D eigenvalue weighted by Crippen LogP contribution is 2.34. The number of hydrazone groups is 1. The summed E-state index contributed by atoms with van der Waals surface area (Å²) in [4.78, 5) is 21.9. The molecule has 0 aromatic heterocycles. The molecule has 0 fully saturated rings. The third-order valence-corrected chi connectivity index (χ3v) is 3.70. The number of rotatable bonds is 4. The Bertz CT molecular complexity index is 900. The Morgan fingerprint density at radius 2 is 2.00 bits per heavy atom. The Morgan fingerprint density at radius 3 is 2.62 bits per heavy atom. The molecule has 7 nitrogen and oxygen atoms in total. The number of phenols is 1. The molecular formula is C15H9BrF3N3O4. The SMILES string of the molecule is O=C(N/N=C\c1cc(Br)c(O)c([N+](=O)[O-])c1)c1cccc(C(F)(F)F)c1. The highest BCUT2D eigenvalue weighted by atomic mass is 79.9. The third kappa shape index (κ3) is 4.57. The number of nitro groups is 1. The van der Waals surface area contributed by atoms with Crippen molar-refractivity contribution in [3.63, 3.8) is 0 Å². The number of phenolic OH excluding ortho intramolecular Hbond substituents is 1. The van der Waals surface area contributed by atoms with Crippen LogP contribution < -0.4 is 5.43 Å². The van der Waals surface area contributed by atoms with E-state index in [1.807, 2.05) is 5.43 Å². The van der Waals surface area contributed by atoms with Gasteiger partial charge in [0.1, 0.15) is 0 Å². The average Bonchev–Trinajstić information content (AvgIpc) is 2.56. The Labute approximate surface area is 152 Å². The Hall–Kier alpha value is -2.95. The van der Waals surface area contributed by atoms with Gasteiger partial charge in [0, 0.05) is 17.2 Å². The molecule has 136 valence electrons. The average molecular weight is 432 g/mol. The lowest BCUT2D eigenvalue weighted by Gasteiger charge is -2.07. The zero-order valence-electron chi connectivity index (χ0n) is 12.6. The topological polar surface area (TPSA) is 105 Å². The van der Waals surface area contributed by atoms with Gasteiger partial charge in [0.2, 0.25) is 5.75 Å². The summed E-state index contributed by atoms with van der Waals surface area (Å²) in [7, 11) is 0. The van der Waals surface area contributed by atoms with Crippen LogP contribution in [-0.2, 0) is 6.18 Å². The number of nitrogens with one attached hydrogen (secondary N) is 1. The van der Waals surface area contributed by atoms with Crippen molar-refractivity contribution in [3.8, 4) is 5.75 Å². The van der Waals surface area contributed by atoms with E-state index in [-0.39, 0.29) is 15.6 Å². The van der Waals surface area contributed by atoms with Crippen LogP contribution in [0.3, 0.4) is 0 Å². The Morgan fingerprint density at radius 1 is 1.31 bits per heavy atom. The number of amides is 1. The van der Waals surface area contributed by atoms with Crippen LogP contribution in [0.25, 0.3) is 0 Å². The number of nitro benzene ring substituents is 1. The molecule has 0 spiro atoms. The normalized spacial score (nSPS) is 11.5. The molecule has 2 rings (SSSR count). The fourth-order valence-electron chi connectivity index (χ4n) is 1.89. The lowest BCUT2D eigenvalue weighted by molar-refractivity contribution is -0.386. The van der Waals surface area contributed by atoms with Crippen molar-refractivity contribution >= 4 is 33.7 Å². The number of hydrogen-bond acceptors (Lipinski definition) is 5. The number of hydrogen-bond donors (Lipinski definition) is 2. The molecule has 0 bridgehead atoms. The summed E-state index contributed by atoms with van der Waals surface area (Å²) in [5, 5.41) is 23.9. The van der Waals surface area contributed by atoms with Crippen molar-refractivity contribution in [3.05, 3.63) is 67.7 Å². The van der Waals surface area contributed by atoms with Gasteiger partial charge in [-0.3, -0.25) is 14.9 Å². The van der Waals surface area contributed by atoms with Gasteiger partial charge in [0.25, 0.3) is 5.91 Å². The van der Waals surface area contributed by atoms with E-state index in [0.29, 0.717) is 6.07 Å². The first-order valence-electron chi connectivity index (χ1n) is 6.77. The van der Waals surface area contributed by atoms with Gasteiger partial charge in [-0.15, -0.1) is 0 Å². The molecule has 0 saturated heterocycles. The number of alkyl halides is 3. The summed E-state index contributed by atoms with van der Waals surface area (Å²) < 4.78 is 37.9. The molecule has 11 heteroatoms. The largest absolute Gasteiger partial charge is 0.501 e. The summed E-state index contributed by atoms with van der Waals surface area (Å²) in [5.41, 5.74) is 0.383. The maximum atomic E-state index is 12.6. The Kier molecular flexibility index (Phi) is 5.60. The number of nitrogens with zero attached hydrogens (tertiary/aromatic N) is 2. The van der Waals surface area contributed by atoms with Crippen LogP contribution in [0.15, 0.2) is 46.0 Å². The molecule has 0 atom stereocenters. The number of benzene rings is 2. The molecule has 0 radical (unpaired) electrons. The van der Waals surface area contributed by atoms with Gasteiger partial charge in [-0.2, -0.15) is 18.3 Å². The molecular weight excluding hydrogens is 423 g/mol. The van der Waals surface area contributed by atoms with Crippen LogP contribution in [0, 0.1) is 10.1 Å². The van der Waals surface area contributed by atoms with Crippen LogP contribution in [0.2, 0.25) is 0 Å². The van der Waals surface area contributed by atoms with Gasteiger partial charge < -0.3 is 5.11 Å². The number of carbonyl (C=O) groups excluding carboxylic acids is 1. The van der Waals surface area contributed by atoms with E-state index in [4.69, 9.17) is 0 Å². The second-order valence-electron chi connectivity index (χ2n) is 4.91. The minimum Gasteiger partial charge on any atom is -0.501 e. The number of aromatic hydroxyl groups is 1. The first-order valence-corrected chi connectivity index (χ1v) is 7.56. The van der Waals surface area contributed by atoms with Crippen molar-refractivity contribution in [2.45, 2.75) is 6.18 Å². The fourth-order valence-corrected chi connectivity index (χ4v) is 2.35. The van der Waals surface area contributed by atoms with E-state index in [9.17, 15) is 33.2 Å². The van der Waals surface area contributed by atoms with Crippen LogP contribution in [0.1, 0.15) is 21.5 Å². The predicted molar refractivity (Wildman–Crippen MR) is 89.0 cm³/mol. The van der Waals surface area contributed by atoms with Gasteiger partial charge in [-0.1, -0.05) is 6.07 Å². The second-order valence-corrected chi connectivity index (χ2v) is 5.76. The van der Waals surface area contributed by atoms with Crippen LogP contribution in [0.5, 0.6) is 5.75 Å². The number of halogens is 4. The van der Waals surface area contributed by atoms with Crippen molar-refractivity contribution in [1.82, 2.24) is 5.43 Å². The van der Waals surface area contributed by atoms with E-state index >= 15 is 0 Å². The van der Waals surface area contributed by atoms with Gasteiger partial charge in [0.05, 0.1) is 21.2 Å². The highest BCUT2D eigenvalue weighted by Gasteiger charge is 2.30. The van der Waals surface area contributed by atoms with Crippen molar-refractivity contribution in [2.75, 3.05) is 0 Å². The minimum absolute atomic E-state index is 0.0392. The molecule has 2 aromatic carbocycles. The first kappa shape index (κ1) is 19.4. The highest BCUT2D eigenvalue weighted by molar-refractivity contribution is 9.10. The maximum Gasteiger partial charge on any atom is 0.416 e. The fraction of sp³-hybridized carbons (Fsp3) is 0.0667. The van der Waals surface area contributed by atoms with Gasteiger partial charge >= 0.3 is 11.9 Å². The lowest BCUT2D eigenvalue weighted by atomic mass is 10.1. The standard InChI is InChI=1S/C15H9BrF3N3O4/c16-11-4-8(5-12(13(11)23)22(25)26)7-20-21-14(24)9-2-1-3-10(6-9)15(17,18)19/h1-7,23H,(H,21,24)/b20-7-. The molecule has 1 amide bonds. The molecule has 0 aliphatic carbocycles. The monoisotopic (exact) mass is 431 g/mol. The minimum atomic E-state index is -4.59. The second kappa shape index (κ2) is 7.52. The van der Waals surface area contributed by atoms with Gasteiger partial charge in [0.15, 0.2) is 0 Å². The maximum absolute atomic E-state index is 12.6.